The van der Waals surface area contributed by atoms with Crippen LogP contribution in [0.15, 0.2) is 54.8 Å². The summed E-state index contributed by atoms with van der Waals surface area (Å²) >= 11 is 0. The molecule has 0 saturated carbocycles. The second-order valence-corrected chi connectivity index (χ2v) is 6.55. The molecule has 1 aliphatic carbocycles. The zero-order valence-electron chi connectivity index (χ0n) is 18.8. The molecule has 160 valence electrons. The summed E-state index contributed by atoms with van der Waals surface area (Å²) in [4.78, 5) is 11.6. The van der Waals surface area contributed by atoms with E-state index in [0.29, 0.717) is 28.7 Å². The summed E-state index contributed by atoms with van der Waals surface area (Å²) < 4.78 is 1.45. The minimum Gasteiger partial charge on any atom is -0.477 e. The smallest absolute Gasteiger partial charge is 0.353 e. The average molecular weight is 416 g/mol. The molecule has 0 bridgehead atoms. The second-order valence-electron chi connectivity index (χ2n) is 6.55. The van der Waals surface area contributed by atoms with E-state index in [9.17, 15) is 20.4 Å². The van der Waals surface area contributed by atoms with Gasteiger partial charge in [-0.15, -0.1) is 0 Å². The van der Waals surface area contributed by atoms with Gasteiger partial charge in [-0.1, -0.05) is 76.6 Å². The van der Waals surface area contributed by atoms with Gasteiger partial charge in [-0.25, -0.2) is 4.79 Å². The third-order valence-electron chi connectivity index (χ3n) is 4.27. The fourth-order valence-corrected chi connectivity index (χ4v) is 3.11. The first-order valence-electron chi connectivity index (χ1n) is 10.4. The highest BCUT2D eigenvalue weighted by Crippen LogP contribution is 2.31. The molecule has 5 heteroatoms. The number of aromatic carboxylic acids is 1. The van der Waals surface area contributed by atoms with E-state index >= 15 is 0 Å². The van der Waals surface area contributed by atoms with Gasteiger partial charge in [0, 0.05) is 18.8 Å². The van der Waals surface area contributed by atoms with E-state index in [1.54, 1.807) is 19.2 Å². The number of nitrogens with zero attached hydrogens (tertiary/aromatic N) is 3. The molecule has 0 spiro atoms. The van der Waals surface area contributed by atoms with Crippen LogP contribution in [0.1, 0.15) is 73.3 Å². The molecule has 0 radical (unpaired) electrons. The van der Waals surface area contributed by atoms with E-state index < -0.39 is 5.97 Å². The molecule has 0 fully saturated rings. The summed E-state index contributed by atoms with van der Waals surface area (Å²) in [6, 6.07) is 11.6. The number of hydrogen-bond donors (Lipinski definition) is 1. The minimum atomic E-state index is -1.08. The molecule has 0 atom stereocenters. The fourth-order valence-electron chi connectivity index (χ4n) is 3.11. The van der Waals surface area contributed by atoms with Crippen LogP contribution >= 0.6 is 0 Å². The van der Waals surface area contributed by atoms with Crippen molar-refractivity contribution in [2.45, 2.75) is 40.5 Å². The highest BCUT2D eigenvalue weighted by Gasteiger charge is 2.22. The summed E-state index contributed by atoms with van der Waals surface area (Å²) in [7, 11) is 1.61. The second kappa shape index (κ2) is 12.7. The average Bonchev–Trinajstić information content (AvgIpc) is 2.95. The van der Waals surface area contributed by atoms with E-state index in [-0.39, 0.29) is 5.69 Å². The Labute approximate surface area is 184 Å². The van der Waals surface area contributed by atoms with Crippen molar-refractivity contribution >= 4 is 17.1 Å². The lowest BCUT2D eigenvalue weighted by Gasteiger charge is -2.05. The maximum atomic E-state index is 11.6. The van der Waals surface area contributed by atoms with Crippen molar-refractivity contribution in [3.63, 3.8) is 0 Å². The maximum Gasteiger partial charge on any atom is 0.353 e. The van der Waals surface area contributed by atoms with Crippen LogP contribution in [0, 0.1) is 22.7 Å². The minimum absolute atomic E-state index is 0.0818. The quantitative estimate of drug-likeness (QED) is 0.633. The number of carboxylic acid groups (broad SMARTS) is 1. The number of allylic oxidation sites excluding steroid dienone is 6. The third-order valence-corrected chi connectivity index (χ3v) is 4.27. The Morgan fingerprint density at radius 2 is 1.58 bits per heavy atom. The number of nitriles is 2. The predicted octanol–water partition coefficient (Wildman–Crippen LogP) is 6.34. The van der Waals surface area contributed by atoms with Crippen LogP contribution in [0.2, 0.25) is 0 Å². The molecular formula is C26H29N3O2. The molecule has 0 aliphatic heterocycles. The van der Waals surface area contributed by atoms with Crippen molar-refractivity contribution in [1.29, 1.82) is 10.5 Å². The van der Waals surface area contributed by atoms with Crippen LogP contribution in [-0.4, -0.2) is 15.6 Å². The number of carbonyl (C=O) groups is 1. The summed E-state index contributed by atoms with van der Waals surface area (Å²) in [6.45, 7) is 8.25. The standard InChI is InChI=1S/C21H15N3O2.C3H8.C2H6/c1-24-13-17(12-23)19(20(24)21(25)26)15-7-4-6-14(9-10-15)18-8-3-2-5-16(18)11-22;1-3-2;1-2/h2-3,5-10,13H,4H2,1H3,(H,25,26);3H2,1-2H3;1-2H3. The lowest BCUT2D eigenvalue weighted by atomic mass is 9.98. The van der Waals surface area contributed by atoms with Crippen LogP contribution < -0.4 is 0 Å². The zero-order valence-corrected chi connectivity index (χ0v) is 18.8. The topological polar surface area (TPSA) is 89.8 Å². The monoisotopic (exact) mass is 415 g/mol. The zero-order chi connectivity index (χ0) is 23.4. The number of benzene rings is 1. The van der Waals surface area contributed by atoms with Crippen LogP contribution in [0.5, 0.6) is 0 Å². The molecule has 3 rings (SSSR count). The van der Waals surface area contributed by atoms with Crippen LogP contribution in [0.25, 0.3) is 11.1 Å². The Bertz CT molecular complexity index is 1090. The molecular weight excluding hydrogens is 386 g/mol. The van der Waals surface area contributed by atoms with Crippen molar-refractivity contribution in [3.8, 4) is 12.1 Å². The lowest BCUT2D eigenvalue weighted by molar-refractivity contribution is 0.0686. The van der Waals surface area contributed by atoms with Crippen molar-refractivity contribution < 1.29 is 9.90 Å². The highest BCUT2D eigenvalue weighted by atomic mass is 16.4. The van der Waals surface area contributed by atoms with Gasteiger partial charge in [0.25, 0.3) is 0 Å². The molecule has 0 unspecified atom stereocenters. The number of aryl methyl sites for hydroxylation is 1. The molecule has 1 N–H and O–H groups in total. The first-order chi connectivity index (χ1) is 15.0. The van der Waals surface area contributed by atoms with Gasteiger partial charge in [0.05, 0.1) is 17.2 Å². The van der Waals surface area contributed by atoms with Gasteiger partial charge in [0.1, 0.15) is 11.8 Å². The van der Waals surface area contributed by atoms with Gasteiger partial charge >= 0.3 is 5.97 Å². The Kier molecular flexibility index (Phi) is 10.3. The van der Waals surface area contributed by atoms with Crippen molar-refractivity contribution in [1.82, 2.24) is 4.57 Å². The summed E-state index contributed by atoms with van der Waals surface area (Å²) in [6.07, 6.45) is 10.9. The Morgan fingerprint density at radius 1 is 1.03 bits per heavy atom. The maximum absolute atomic E-state index is 11.6. The van der Waals surface area contributed by atoms with Gasteiger partial charge in [-0.3, -0.25) is 0 Å². The van der Waals surface area contributed by atoms with E-state index in [1.807, 2.05) is 50.3 Å². The van der Waals surface area contributed by atoms with E-state index in [2.05, 4.69) is 26.0 Å². The van der Waals surface area contributed by atoms with Crippen LogP contribution in [0.3, 0.4) is 0 Å². The Morgan fingerprint density at radius 3 is 2.16 bits per heavy atom. The molecule has 31 heavy (non-hydrogen) atoms. The molecule has 1 heterocycles. The third kappa shape index (κ3) is 6.07. The van der Waals surface area contributed by atoms with E-state index in [0.717, 1.165) is 11.1 Å². The number of carboxylic acids is 1. The first-order valence-corrected chi connectivity index (χ1v) is 10.4. The Hall–Kier alpha value is -3.83. The molecule has 0 saturated heterocycles. The number of aromatic nitrogens is 1. The predicted molar refractivity (Wildman–Crippen MR) is 125 cm³/mol. The van der Waals surface area contributed by atoms with Gasteiger partial charge in [-0.2, -0.15) is 10.5 Å². The van der Waals surface area contributed by atoms with E-state index in [1.165, 1.54) is 17.2 Å². The van der Waals surface area contributed by atoms with Gasteiger partial charge in [0.2, 0.25) is 0 Å². The molecule has 0 amide bonds. The van der Waals surface area contributed by atoms with Crippen LogP contribution in [-0.2, 0) is 7.05 Å². The van der Waals surface area contributed by atoms with Gasteiger partial charge < -0.3 is 9.67 Å². The first kappa shape index (κ1) is 25.2. The summed E-state index contributed by atoms with van der Waals surface area (Å²) in [5, 5.41) is 28.2. The fraction of sp³-hybridized carbons (Fsp3) is 0.269. The van der Waals surface area contributed by atoms with Crippen molar-refractivity contribution in [2.75, 3.05) is 0 Å². The van der Waals surface area contributed by atoms with Crippen molar-refractivity contribution in [2.24, 2.45) is 7.05 Å². The van der Waals surface area contributed by atoms with Gasteiger partial charge in [0.15, 0.2) is 0 Å². The largest absolute Gasteiger partial charge is 0.477 e. The molecule has 5 nitrogen and oxygen atoms in total. The number of hydrogen-bond acceptors (Lipinski definition) is 3. The SMILES string of the molecule is CC.CCC.Cn1cc(C#N)c(C2=CCC=C(c3ccccc3C#N)C=C2)c1C(=O)O. The molecule has 1 aromatic carbocycles. The number of rotatable bonds is 3. The summed E-state index contributed by atoms with van der Waals surface area (Å²) in [5.41, 5.74) is 3.80. The lowest BCUT2D eigenvalue weighted by Crippen LogP contribution is -2.06. The molecule has 2 aromatic rings. The normalized spacial score (nSPS) is 11.8. The Balaban J connectivity index is 0.000000884. The van der Waals surface area contributed by atoms with E-state index in [4.69, 9.17) is 0 Å². The molecule has 1 aromatic heterocycles. The summed E-state index contributed by atoms with van der Waals surface area (Å²) in [5.74, 6) is -1.08. The van der Waals surface area contributed by atoms with Gasteiger partial charge in [-0.05, 0) is 29.2 Å². The van der Waals surface area contributed by atoms with Crippen LogP contribution in [0.4, 0.5) is 0 Å². The van der Waals surface area contributed by atoms with Crippen molar-refractivity contribution in [3.05, 3.63) is 82.7 Å². The highest BCUT2D eigenvalue weighted by molar-refractivity contribution is 5.97. The molecule has 1 aliphatic rings.